The topological polar surface area (TPSA) is 80.9 Å². The fourth-order valence-electron chi connectivity index (χ4n) is 1.01. The van der Waals surface area contributed by atoms with Crippen molar-refractivity contribution in [2.75, 3.05) is 0 Å². The van der Waals surface area contributed by atoms with Crippen LogP contribution in [-0.4, -0.2) is 31.1 Å². The first kappa shape index (κ1) is 11.2. The summed E-state index contributed by atoms with van der Waals surface area (Å²) in [6.07, 6.45) is 1.58. The molecule has 0 atom stereocenters. The molecule has 0 aliphatic heterocycles. The van der Waals surface area contributed by atoms with Crippen LogP contribution in [0.2, 0.25) is 0 Å². The molecule has 8 heteroatoms. The lowest BCUT2D eigenvalue weighted by atomic mass is 10.5. The van der Waals surface area contributed by atoms with E-state index in [-0.39, 0.29) is 10.3 Å². The van der Waals surface area contributed by atoms with Gasteiger partial charge in [0.1, 0.15) is 0 Å². The molecule has 2 aromatic heterocycles. The van der Waals surface area contributed by atoms with Gasteiger partial charge in [-0.2, -0.15) is 0 Å². The van der Waals surface area contributed by atoms with Crippen LogP contribution in [0, 0.1) is 0 Å². The maximum atomic E-state index is 10.7. The molecule has 1 N–H and O–H groups in total. The lowest BCUT2D eigenvalue weighted by molar-refractivity contribution is 0.0689. The number of halogens is 2. The van der Waals surface area contributed by atoms with Gasteiger partial charge in [-0.3, -0.25) is 0 Å². The van der Waals surface area contributed by atoms with Crippen LogP contribution >= 0.6 is 31.9 Å². The predicted octanol–water partition coefficient (Wildman–Crippen LogP) is 1.89. The van der Waals surface area contributed by atoms with Crippen molar-refractivity contribution in [1.29, 1.82) is 0 Å². The van der Waals surface area contributed by atoms with Gasteiger partial charge < -0.3 is 5.11 Å². The van der Waals surface area contributed by atoms with Gasteiger partial charge in [-0.15, -0.1) is 15.0 Å². The second-order valence-electron chi connectivity index (χ2n) is 2.77. The fourth-order valence-corrected chi connectivity index (χ4v) is 1.64. The highest BCUT2D eigenvalue weighted by Gasteiger charge is 2.16. The molecule has 2 heterocycles. The van der Waals surface area contributed by atoms with E-state index < -0.39 is 5.97 Å². The van der Waals surface area contributed by atoms with Gasteiger partial charge in [0.2, 0.25) is 5.69 Å². The number of nitrogens with zero attached hydrogens (tertiary/aromatic N) is 4. The molecule has 0 fully saturated rings. The molecule has 0 amide bonds. The predicted molar refractivity (Wildman–Crippen MR) is 61.5 cm³/mol. The molecule has 0 aliphatic carbocycles. The molecule has 16 heavy (non-hydrogen) atoms. The van der Waals surface area contributed by atoms with Crippen LogP contribution in [0.25, 0.3) is 5.82 Å². The van der Waals surface area contributed by atoms with E-state index in [1.54, 1.807) is 18.3 Å². The number of aromatic carboxylic acids is 1. The van der Waals surface area contributed by atoms with Crippen LogP contribution in [0.5, 0.6) is 0 Å². The summed E-state index contributed by atoms with van der Waals surface area (Å²) in [5, 5.41) is 16.5. The standard InChI is InChI=1S/C8H4Br2N4O2/c9-4-1-2-5(11-3-4)14-12-6(8(15)16)7(10)13-14/h1-3H,(H,15,16). The Labute approximate surface area is 107 Å². The average Bonchev–Trinajstić information content (AvgIpc) is 2.61. The zero-order chi connectivity index (χ0) is 11.7. The molecule has 0 saturated carbocycles. The van der Waals surface area contributed by atoms with Crippen LogP contribution in [0.15, 0.2) is 27.4 Å². The van der Waals surface area contributed by atoms with E-state index in [0.29, 0.717) is 5.82 Å². The highest BCUT2D eigenvalue weighted by atomic mass is 79.9. The van der Waals surface area contributed by atoms with Gasteiger partial charge in [-0.05, 0) is 44.0 Å². The molecule has 2 aromatic rings. The molecule has 0 spiro atoms. The first-order valence-corrected chi connectivity index (χ1v) is 5.64. The lowest BCUT2D eigenvalue weighted by Gasteiger charge is -1.96. The number of aromatic nitrogens is 4. The molecule has 2 rings (SSSR count). The summed E-state index contributed by atoms with van der Waals surface area (Å²) in [5.74, 6) is -0.702. The Kier molecular flexibility index (Phi) is 3.01. The Hall–Kier alpha value is -1.28. The highest BCUT2D eigenvalue weighted by molar-refractivity contribution is 9.10. The first-order valence-electron chi connectivity index (χ1n) is 4.06. The molecule has 82 valence electrons. The Bertz CT molecular complexity index is 537. The fraction of sp³-hybridized carbons (Fsp3) is 0. The van der Waals surface area contributed by atoms with E-state index in [4.69, 9.17) is 5.11 Å². The summed E-state index contributed by atoms with van der Waals surface area (Å²) in [7, 11) is 0. The van der Waals surface area contributed by atoms with Crippen LogP contribution in [0.3, 0.4) is 0 Å². The van der Waals surface area contributed by atoms with Crippen LogP contribution in [-0.2, 0) is 0 Å². The minimum Gasteiger partial charge on any atom is -0.476 e. The van der Waals surface area contributed by atoms with Gasteiger partial charge in [0.15, 0.2) is 10.4 Å². The monoisotopic (exact) mass is 346 g/mol. The number of carbonyl (C=O) groups is 1. The molecular weight excluding hydrogens is 344 g/mol. The molecule has 0 aliphatic rings. The number of pyridine rings is 1. The molecule has 6 nitrogen and oxygen atoms in total. The van der Waals surface area contributed by atoms with E-state index >= 15 is 0 Å². The molecule has 0 unspecified atom stereocenters. The second kappa shape index (κ2) is 4.30. The van der Waals surface area contributed by atoms with Crippen LogP contribution in [0.1, 0.15) is 10.5 Å². The van der Waals surface area contributed by atoms with Gasteiger partial charge in [0, 0.05) is 10.7 Å². The quantitative estimate of drug-likeness (QED) is 0.897. The van der Waals surface area contributed by atoms with Gasteiger partial charge in [-0.1, -0.05) is 0 Å². The summed E-state index contributed by atoms with van der Waals surface area (Å²) in [5.41, 5.74) is -0.148. The average molecular weight is 348 g/mol. The summed E-state index contributed by atoms with van der Waals surface area (Å²) in [4.78, 5) is 15.9. The summed E-state index contributed by atoms with van der Waals surface area (Å²) >= 11 is 6.26. The molecule has 0 bridgehead atoms. The Morgan fingerprint density at radius 1 is 1.31 bits per heavy atom. The largest absolute Gasteiger partial charge is 0.476 e. The number of hydrogen-bond acceptors (Lipinski definition) is 4. The van der Waals surface area contributed by atoms with E-state index in [9.17, 15) is 4.79 Å². The Balaban J connectivity index is 2.45. The number of carboxylic acids is 1. The van der Waals surface area contributed by atoms with Crippen LogP contribution < -0.4 is 0 Å². The van der Waals surface area contributed by atoms with E-state index in [1.165, 1.54) is 0 Å². The number of hydrogen-bond donors (Lipinski definition) is 1. The SMILES string of the molecule is O=C(O)c1nn(-c2ccc(Br)cn2)nc1Br. The van der Waals surface area contributed by atoms with E-state index in [0.717, 1.165) is 9.27 Å². The second-order valence-corrected chi connectivity index (χ2v) is 4.44. The van der Waals surface area contributed by atoms with Crippen molar-refractivity contribution in [2.45, 2.75) is 0 Å². The van der Waals surface area contributed by atoms with Gasteiger partial charge in [0.05, 0.1) is 0 Å². The molecule has 0 radical (unpaired) electrons. The van der Waals surface area contributed by atoms with E-state index in [1.807, 2.05) is 0 Å². The molecule has 0 saturated heterocycles. The van der Waals surface area contributed by atoms with Crippen molar-refractivity contribution in [3.05, 3.63) is 33.1 Å². The van der Waals surface area contributed by atoms with Crippen molar-refractivity contribution in [1.82, 2.24) is 20.0 Å². The van der Waals surface area contributed by atoms with Crippen molar-refractivity contribution < 1.29 is 9.90 Å². The van der Waals surface area contributed by atoms with Crippen molar-refractivity contribution in [2.24, 2.45) is 0 Å². The summed E-state index contributed by atoms with van der Waals surface area (Å²) in [6.45, 7) is 0. The minimum absolute atomic E-state index is 0.148. The van der Waals surface area contributed by atoms with Crippen LogP contribution in [0.4, 0.5) is 0 Å². The molecular formula is C8H4Br2N4O2. The minimum atomic E-state index is -1.14. The third kappa shape index (κ3) is 2.12. The van der Waals surface area contributed by atoms with Gasteiger partial charge in [-0.25, -0.2) is 9.78 Å². The zero-order valence-electron chi connectivity index (χ0n) is 7.63. The normalized spacial score (nSPS) is 10.4. The van der Waals surface area contributed by atoms with Crippen molar-refractivity contribution in [3.8, 4) is 5.82 Å². The Morgan fingerprint density at radius 3 is 2.56 bits per heavy atom. The number of rotatable bonds is 2. The third-order valence-corrected chi connectivity index (χ3v) is 2.70. The maximum absolute atomic E-state index is 10.7. The van der Waals surface area contributed by atoms with Gasteiger partial charge >= 0.3 is 5.97 Å². The van der Waals surface area contributed by atoms with E-state index in [2.05, 4.69) is 47.0 Å². The highest BCUT2D eigenvalue weighted by Crippen LogP contribution is 2.14. The number of carboxylic acid groups (broad SMARTS) is 1. The third-order valence-electron chi connectivity index (χ3n) is 1.69. The first-order chi connectivity index (χ1) is 7.58. The van der Waals surface area contributed by atoms with Gasteiger partial charge in [0.25, 0.3) is 0 Å². The summed E-state index contributed by atoms with van der Waals surface area (Å²) in [6, 6.07) is 3.43. The zero-order valence-corrected chi connectivity index (χ0v) is 10.8. The smallest absolute Gasteiger partial charge is 0.359 e. The lowest BCUT2D eigenvalue weighted by Crippen LogP contribution is -2.03. The van der Waals surface area contributed by atoms with Crippen molar-refractivity contribution in [3.63, 3.8) is 0 Å². The Morgan fingerprint density at radius 2 is 2.06 bits per heavy atom. The molecule has 0 aromatic carbocycles. The summed E-state index contributed by atoms with van der Waals surface area (Å²) < 4.78 is 0.991. The van der Waals surface area contributed by atoms with Crippen molar-refractivity contribution >= 4 is 37.8 Å². The maximum Gasteiger partial charge on any atom is 0.359 e.